The normalized spacial score (nSPS) is 11.1. The van der Waals surface area contributed by atoms with Crippen LogP contribution in [0.3, 0.4) is 0 Å². The van der Waals surface area contributed by atoms with Crippen molar-refractivity contribution in [2.75, 3.05) is 0 Å². The van der Waals surface area contributed by atoms with Gasteiger partial charge in [0, 0.05) is 5.56 Å². The van der Waals surface area contributed by atoms with Gasteiger partial charge in [0.25, 0.3) is 0 Å². The third kappa shape index (κ3) is 1.83. The lowest BCUT2D eigenvalue weighted by Gasteiger charge is -1.98. The second-order valence-electron chi connectivity index (χ2n) is 4.74. The molecule has 0 N–H and O–H groups in total. The Hall–Kier alpha value is -1.67. The fraction of sp³-hybridized carbons (Fsp3) is 0.188. The number of nitrogens with zero attached hydrogens (tertiary/aromatic N) is 1. The average molecular weight is 253 g/mol. The van der Waals surface area contributed by atoms with E-state index in [4.69, 9.17) is 4.98 Å². The molecule has 0 fully saturated rings. The molecule has 1 heterocycles. The zero-order chi connectivity index (χ0) is 12.7. The molecule has 0 aliphatic rings. The summed E-state index contributed by atoms with van der Waals surface area (Å²) in [5.74, 6) is 0. The van der Waals surface area contributed by atoms with Crippen molar-refractivity contribution in [2.24, 2.45) is 0 Å². The van der Waals surface area contributed by atoms with Crippen LogP contribution >= 0.6 is 11.3 Å². The van der Waals surface area contributed by atoms with Crippen molar-refractivity contribution in [3.05, 3.63) is 53.1 Å². The Labute approximate surface area is 111 Å². The van der Waals surface area contributed by atoms with Crippen LogP contribution in [0.2, 0.25) is 0 Å². The molecule has 0 radical (unpaired) electrons. The van der Waals surface area contributed by atoms with Crippen molar-refractivity contribution < 1.29 is 0 Å². The van der Waals surface area contributed by atoms with Gasteiger partial charge >= 0.3 is 0 Å². The van der Waals surface area contributed by atoms with Crippen LogP contribution in [-0.4, -0.2) is 4.98 Å². The van der Waals surface area contributed by atoms with E-state index in [0.717, 1.165) is 10.5 Å². The number of benzene rings is 2. The van der Waals surface area contributed by atoms with Crippen molar-refractivity contribution in [3.63, 3.8) is 0 Å². The lowest BCUT2D eigenvalue weighted by atomic mass is 10.1. The van der Waals surface area contributed by atoms with Gasteiger partial charge < -0.3 is 0 Å². The topological polar surface area (TPSA) is 12.9 Å². The number of thiazole rings is 1. The first-order valence-electron chi connectivity index (χ1n) is 6.09. The van der Waals surface area contributed by atoms with Gasteiger partial charge in [-0.05, 0) is 38.0 Å². The molecule has 0 spiro atoms. The molecular formula is C16H15NS. The summed E-state index contributed by atoms with van der Waals surface area (Å²) in [7, 11) is 0. The second-order valence-corrected chi connectivity index (χ2v) is 5.74. The van der Waals surface area contributed by atoms with E-state index < -0.39 is 0 Å². The fourth-order valence-corrected chi connectivity index (χ4v) is 3.16. The summed E-state index contributed by atoms with van der Waals surface area (Å²) in [6, 6.07) is 12.8. The Kier molecular flexibility index (Phi) is 2.67. The van der Waals surface area contributed by atoms with Gasteiger partial charge in [-0.1, -0.05) is 35.9 Å². The maximum Gasteiger partial charge on any atom is 0.124 e. The predicted molar refractivity (Wildman–Crippen MR) is 79.3 cm³/mol. The number of rotatable bonds is 1. The molecule has 0 unspecified atom stereocenters. The number of aryl methyl sites for hydroxylation is 3. The highest BCUT2D eigenvalue weighted by molar-refractivity contribution is 7.21. The molecular weight excluding hydrogens is 238 g/mol. The first-order valence-corrected chi connectivity index (χ1v) is 6.90. The highest BCUT2D eigenvalue weighted by Crippen LogP contribution is 2.33. The number of aromatic nitrogens is 1. The van der Waals surface area contributed by atoms with Crippen LogP contribution in [0.15, 0.2) is 36.4 Å². The maximum atomic E-state index is 4.73. The lowest BCUT2D eigenvalue weighted by Crippen LogP contribution is -1.79. The molecule has 1 nitrogen and oxygen atoms in total. The lowest BCUT2D eigenvalue weighted by molar-refractivity contribution is 1.37. The summed E-state index contributed by atoms with van der Waals surface area (Å²) in [5.41, 5.74) is 6.29. The standard InChI is InChI=1S/C16H15NS/c1-10-4-7-13(8-5-10)16-17-14-9-6-11(2)12(3)15(14)18-16/h4-9H,1-3H3. The van der Waals surface area contributed by atoms with E-state index in [1.165, 1.54) is 27.0 Å². The molecule has 1 aromatic heterocycles. The van der Waals surface area contributed by atoms with Gasteiger partial charge in [0.2, 0.25) is 0 Å². The molecule has 2 heteroatoms. The molecule has 18 heavy (non-hydrogen) atoms. The summed E-state index contributed by atoms with van der Waals surface area (Å²) in [5, 5.41) is 1.11. The molecule has 0 saturated carbocycles. The van der Waals surface area contributed by atoms with Gasteiger partial charge in [0.05, 0.1) is 10.2 Å². The first-order chi connectivity index (χ1) is 8.65. The Morgan fingerprint density at radius 2 is 1.61 bits per heavy atom. The van der Waals surface area contributed by atoms with E-state index in [1.807, 2.05) is 0 Å². The molecule has 0 atom stereocenters. The SMILES string of the molecule is Cc1ccc(-c2nc3ccc(C)c(C)c3s2)cc1. The Bertz CT molecular complexity index is 708. The average Bonchev–Trinajstić information content (AvgIpc) is 2.80. The van der Waals surface area contributed by atoms with Crippen LogP contribution in [0.1, 0.15) is 16.7 Å². The zero-order valence-corrected chi connectivity index (χ0v) is 11.6. The van der Waals surface area contributed by atoms with Crippen LogP contribution < -0.4 is 0 Å². The van der Waals surface area contributed by atoms with E-state index in [-0.39, 0.29) is 0 Å². The Morgan fingerprint density at radius 1 is 0.889 bits per heavy atom. The Morgan fingerprint density at radius 3 is 2.33 bits per heavy atom. The summed E-state index contributed by atoms with van der Waals surface area (Å²) in [6.07, 6.45) is 0. The summed E-state index contributed by atoms with van der Waals surface area (Å²) < 4.78 is 1.31. The van der Waals surface area contributed by atoms with Gasteiger partial charge in [0.15, 0.2) is 0 Å². The van der Waals surface area contributed by atoms with Crippen LogP contribution in [0.5, 0.6) is 0 Å². The number of hydrogen-bond acceptors (Lipinski definition) is 2. The smallest absolute Gasteiger partial charge is 0.124 e. The van der Waals surface area contributed by atoms with E-state index >= 15 is 0 Å². The largest absolute Gasteiger partial charge is 0.236 e. The van der Waals surface area contributed by atoms with E-state index in [0.29, 0.717) is 0 Å². The van der Waals surface area contributed by atoms with Gasteiger partial charge in [-0.15, -0.1) is 11.3 Å². The minimum atomic E-state index is 1.11. The molecule has 0 aliphatic carbocycles. The molecule has 0 amide bonds. The molecule has 0 saturated heterocycles. The van der Waals surface area contributed by atoms with Crippen molar-refractivity contribution >= 4 is 21.6 Å². The van der Waals surface area contributed by atoms with Crippen LogP contribution in [0.25, 0.3) is 20.8 Å². The molecule has 3 rings (SSSR count). The van der Waals surface area contributed by atoms with Gasteiger partial charge in [-0.2, -0.15) is 0 Å². The van der Waals surface area contributed by atoms with Gasteiger partial charge in [-0.25, -0.2) is 4.98 Å². The molecule has 0 bridgehead atoms. The highest BCUT2D eigenvalue weighted by atomic mass is 32.1. The van der Waals surface area contributed by atoms with E-state index in [1.54, 1.807) is 11.3 Å². The monoisotopic (exact) mass is 253 g/mol. The minimum Gasteiger partial charge on any atom is -0.236 e. The van der Waals surface area contributed by atoms with Crippen molar-refractivity contribution in [1.29, 1.82) is 0 Å². The van der Waals surface area contributed by atoms with Crippen molar-refractivity contribution in [2.45, 2.75) is 20.8 Å². The third-order valence-corrected chi connectivity index (χ3v) is 4.61. The number of fused-ring (bicyclic) bond motifs is 1. The van der Waals surface area contributed by atoms with E-state index in [9.17, 15) is 0 Å². The zero-order valence-electron chi connectivity index (χ0n) is 10.8. The first kappa shape index (κ1) is 11.4. The minimum absolute atomic E-state index is 1.11. The van der Waals surface area contributed by atoms with Crippen molar-refractivity contribution in [3.8, 4) is 10.6 Å². The summed E-state index contributed by atoms with van der Waals surface area (Å²) >= 11 is 1.79. The predicted octanol–water partition coefficient (Wildman–Crippen LogP) is 4.89. The summed E-state index contributed by atoms with van der Waals surface area (Å²) in [6.45, 7) is 6.43. The fourth-order valence-electron chi connectivity index (χ4n) is 2.04. The highest BCUT2D eigenvalue weighted by Gasteiger charge is 2.08. The van der Waals surface area contributed by atoms with Crippen LogP contribution in [0.4, 0.5) is 0 Å². The van der Waals surface area contributed by atoms with E-state index in [2.05, 4.69) is 57.2 Å². The number of hydrogen-bond donors (Lipinski definition) is 0. The second kappa shape index (κ2) is 4.21. The maximum absolute atomic E-state index is 4.73. The van der Waals surface area contributed by atoms with Gasteiger partial charge in [0.1, 0.15) is 5.01 Å². The summed E-state index contributed by atoms with van der Waals surface area (Å²) in [4.78, 5) is 4.73. The molecule has 90 valence electrons. The third-order valence-electron chi connectivity index (χ3n) is 3.38. The van der Waals surface area contributed by atoms with Crippen molar-refractivity contribution in [1.82, 2.24) is 4.98 Å². The Balaban J connectivity index is 2.19. The molecule has 0 aliphatic heterocycles. The quantitative estimate of drug-likeness (QED) is 0.601. The molecule has 3 aromatic rings. The van der Waals surface area contributed by atoms with Crippen LogP contribution in [0, 0.1) is 20.8 Å². The van der Waals surface area contributed by atoms with Crippen LogP contribution in [-0.2, 0) is 0 Å². The van der Waals surface area contributed by atoms with Gasteiger partial charge in [-0.3, -0.25) is 0 Å². The molecule has 2 aromatic carbocycles.